The molecule has 0 fully saturated rings. The largest absolute Gasteiger partial charge is 0.496 e. The number of fused-ring (bicyclic) bond motifs is 1. The summed E-state index contributed by atoms with van der Waals surface area (Å²) in [4.78, 5) is 7.90. The Hall–Kier alpha value is -2.66. The fourth-order valence-electron chi connectivity index (χ4n) is 3.54. The molecule has 0 radical (unpaired) electrons. The highest BCUT2D eigenvalue weighted by Gasteiger charge is 2.22. The monoisotopic (exact) mass is 352 g/mol. The molecule has 0 aliphatic carbocycles. The summed E-state index contributed by atoms with van der Waals surface area (Å²) in [6, 6.07) is 8.62. The van der Waals surface area contributed by atoms with Crippen molar-refractivity contribution in [3.8, 4) is 16.9 Å². The first kappa shape index (κ1) is 16.8. The van der Waals surface area contributed by atoms with Gasteiger partial charge >= 0.3 is 0 Å². The second-order valence-electron chi connectivity index (χ2n) is 7.47. The highest BCUT2D eigenvalue weighted by molar-refractivity contribution is 5.96. The molecule has 3 heterocycles. The molecule has 1 N–H and O–H groups in total. The van der Waals surface area contributed by atoms with Crippen molar-refractivity contribution >= 4 is 16.6 Å². The van der Waals surface area contributed by atoms with Crippen LogP contribution in [0.5, 0.6) is 5.75 Å². The summed E-state index contributed by atoms with van der Waals surface area (Å²) >= 11 is 0. The van der Waals surface area contributed by atoms with E-state index in [-0.39, 0.29) is 5.82 Å². The number of aromatic nitrogens is 2. The Bertz CT molecular complexity index is 1000. The molecular weight excluding hydrogens is 329 g/mol. The Balaban J connectivity index is 1.83. The van der Waals surface area contributed by atoms with Crippen molar-refractivity contribution in [2.75, 3.05) is 34.3 Å². The first-order valence-electron chi connectivity index (χ1n) is 8.80. The average Bonchev–Trinajstić information content (AvgIpc) is 3.05. The van der Waals surface area contributed by atoms with Gasteiger partial charge in [0.25, 0.3) is 0 Å². The van der Waals surface area contributed by atoms with E-state index < -0.39 is 0 Å². The Morgan fingerprint density at radius 3 is 2.73 bits per heavy atom. The van der Waals surface area contributed by atoms with Crippen molar-refractivity contribution in [2.24, 2.45) is 0 Å². The van der Waals surface area contributed by atoms with Crippen molar-refractivity contribution in [3.05, 3.63) is 54.1 Å². The standard InChI is InChI=1S/C21H23FN3O/c1-25(2)10-7-14(8-11-25)19-13-18-16(6-9-23-21(18)24-19)17-12-15(22)4-5-20(17)26-3/h4-7,9,12-13H,8,10-11H2,1-3H3,(H,23,24)/q+1. The summed E-state index contributed by atoms with van der Waals surface area (Å²) in [5.41, 5.74) is 4.87. The molecular formula is C21H23FN3O+. The first-order chi connectivity index (χ1) is 12.5. The highest BCUT2D eigenvalue weighted by atomic mass is 19.1. The van der Waals surface area contributed by atoms with Crippen LogP contribution in [0, 0.1) is 5.82 Å². The number of quaternary nitrogens is 1. The van der Waals surface area contributed by atoms with Gasteiger partial charge in [0.1, 0.15) is 17.2 Å². The zero-order chi connectivity index (χ0) is 18.3. The zero-order valence-electron chi connectivity index (χ0n) is 15.3. The minimum absolute atomic E-state index is 0.281. The molecule has 0 spiro atoms. The quantitative estimate of drug-likeness (QED) is 0.716. The summed E-state index contributed by atoms with van der Waals surface area (Å²) in [7, 11) is 6.09. The zero-order valence-corrected chi connectivity index (χ0v) is 15.3. The predicted molar refractivity (Wildman–Crippen MR) is 102 cm³/mol. The molecule has 1 aromatic carbocycles. The topological polar surface area (TPSA) is 37.9 Å². The molecule has 1 aliphatic heterocycles. The van der Waals surface area contributed by atoms with Crippen LogP contribution in [0.25, 0.3) is 27.7 Å². The minimum Gasteiger partial charge on any atom is -0.496 e. The van der Waals surface area contributed by atoms with Crippen LogP contribution in [0.1, 0.15) is 12.1 Å². The number of nitrogens with zero attached hydrogens (tertiary/aromatic N) is 2. The van der Waals surface area contributed by atoms with E-state index in [0.717, 1.165) is 51.8 Å². The number of aromatic amines is 1. The van der Waals surface area contributed by atoms with Crippen LogP contribution in [0.3, 0.4) is 0 Å². The first-order valence-corrected chi connectivity index (χ1v) is 8.80. The summed E-state index contributed by atoms with van der Waals surface area (Å²) in [6.07, 6.45) is 5.08. The fourth-order valence-corrected chi connectivity index (χ4v) is 3.54. The van der Waals surface area contributed by atoms with E-state index >= 15 is 0 Å². The molecule has 26 heavy (non-hydrogen) atoms. The van der Waals surface area contributed by atoms with E-state index in [1.807, 2.05) is 6.07 Å². The molecule has 1 aliphatic rings. The van der Waals surface area contributed by atoms with Crippen LogP contribution >= 0.6 is 0 Å². The molecule has 4 rings (SSSR count). The van der Waals surface area contributed by atoms with Crippen LogP contribution in [0.2, 0.25) is 0 Å². The lowest BCUT2D eigenvalue weighted by atomic mass is 10.0. The third kappa shape index (κ3) is 2.99. The molecule has 134 valence electrons. The number of hydrogen-bond acceptors (Lipinski definition) is 2. The van der Waals surface area contributed by atoms with E-state index in [0.29, 0.717) is 5.75 Å². The van der Waals surface area contributed by atoms with Crippen molar-refractivity contribution in [1.82, 2.24) is 9.97 Å². The van der Waals surface area contributed by atoms with Gasteiger partial charge in [-0.1, -0.05) is 0 Å². The van der Waals surface area contributed by atoms with Gasteiger partial charge < -0.3 is 14.2 Å². The number of rotatable bonds is 3. The Morgan fingerprint density at radius 2 is 2.00 bits per heavy atom. The normalized spacial score (nSPS) is 16.5. The summed E-state index contributed by atoms with van der Waals surface area (Å²) in [5, 5.41) is 0.978. The van der Waals surface area contributed by atoms with E-state index in [9.17, 15) is 4.39 Å². The number of methoxy groups -OCH3 is 1. The lowest BCUT2D eigenvalue weighted by molar-refractivity contribution is -0.885. The van der Waals surface area contributed by atoms with E-state index in [1.54, 1.807) is 19.4 Å². The number of likely N-dealkylation sites (N-methyl/N-ethyl adjacent to an activating group) is 1. The smallest absolute Gasteiger partial charge is 0.138 e. The average molecular weight is 352 g/mol. The number of hydrogen-bond donors (Lipinski definition) is 1. The summed E-state index contributed by atoms with van der Waals surface area (Å²) < 4.78 is 20.3. The van der Waals surface area contributed by atoms with E-state index in [2.05, 4.69) is 36.2 Å². The van der Waals surface area contributed by atoms with Crippen LogP contribution in [0.4, 0.5) is 4.39 Å². The number of ether oxygens (including phenoxy) is 1. The van der Waals surface area contributed by atoms with E-state index in [1.165, 1.54) is 17.7 Å². The number of halogens is 1. The van der Waals surface area contributed by atoms with Crippen molar-refractivity contribution in [2.45, 2.75) is 6.42 Å². The predicted octanol–water partition coefficient (Wildman–Crippen LogP) is 4.24. The fraction of sp³-hybridized carbons (Fsp3) is 0.286. The number of H-pyrrole nitrogens is 1. The Kier molecular flexibility index (Phi) is 4.04. The Morgan fingerprint density at radius 1 is 1.15 bits per heavy atom. The lowest BCUT2D eigenvalue weighted by Gasteiger charge is -2.32. The molecule has 0 bridgehead atoms. The third-order valence-electron chi connectivity index (χ3n) is 5.15. The molecule has 2 aromatic heterocycles. The number of benzene rings is 1. The molecule has 0 atom stereocenters. The van der Waals surface area contributed by atoms with Gasteiger partial charge in [0.15, 0.2) is 0 Å². The van der Waals surface area contributed by atoms with Gasteiger partial charge in [-0.2, -0.15) is 0 Å². The van der Waals surface area contributed by atoms with Gasteiger partial charge in [-0.3, -0.25) is 0 Å². The van der Waals surface area contributed by atoms with Crippen molar-refractivity contribution < 1.29 is 13.6 Å². The van der Waals surface area contributed by atoms with Crippen LogP contribution in [0.15, 0.2) is 42.6 Å². The molecule has 0 amide bonds. The number of nitrogens with one attached hydrogen (secondary N) is 1. The maximum Gasteiger partial charge on any atom is 0.138 e. The second-order valence-corrected chi connectivity index (χ2v) is 7.47. The van der Waals surface area contributed by atoms with Gasteiger partial charge in [-0.25, -0.2) is 9.37 Å². The Labute approximate surface area is 152 Å². The van der Waals surface area contributed by atoms with Crippen molar-refractivity contribution in [3.63, 3.8) is 0 Å². The van der Waals surface area contributed by atoms with Crippen LogP contribution in [-0.4, -0.2) is 48.7 Å². The molecule has 4 nitrogen and oxygen atoms in total. The van der Waals surface area contributed by atoms with E-state index in [4.69, 9.17) is 4.74 Å². The summed E-state index contributed by atoms with van der Waals surface area (Å²) in [5.74, 6) is 0.370. The van der Waals surface area contributed by atoms with Gasteiger partial charge in [0.05, 0.1) is 34.3 Å². The SMILES string of the molecule is COc1ccc(F)cc1-c1ccnc2[nH]c(C3=CC[N+](C)(C)CC3)cc12. The summed E-state index contributed by atoms with van der Waals surface area (Å²) in [6.45, 7) is 2.13. The third-order valence-corrected chi connectivity index (χ3v) is 5.15. The van der Waals surface area contributed by atoms with Gasteiger partial charge in [-0.05, 0) is 47.5 Å². The highest BCUT2D eigenvalue weighted by Crippen LogP contribution is 2.36. The minimum atomic E-state index is -0.281. The maximum atomic E-state index is 13.8. The molecule has 3 aromatic rings. The van der Waals surface area contributed by atoms with Gasteiger partial charge in [0.2, 0.25) is 0 Å². The number of pyridine rings is 1. The molecule has 0 saturated heterocycles. The molecule has 0 unspecified atom stereocenters. The van der Waals surface area contributed by atoms with Crippen molar-refractivity contribution in [1.29, 1.82) is 0 Å². The van der Waals surface area contributed by atoms with Crippen LogP contribution < -0.4 is 4.74 Å². The van der Waals surface area contributed by atoms with Gasteiger partial charge in [-0.15, -0.1) is 0 Å². The lowest BCUT2D eigenvalue weighted by Crippen LogP contribution is -2.42. The second kappa shape index (κ2) is 6.25. The molecule has 5 heteroatoms. The van der Waals surface area contributed by atoms with Crippen LogP contribution in [-0.2, 0) is 0 Å². The maximum absolute atomic E-state index is 13.8. The molecule has 0 saturated carbocycles. The van der Waals surface area contributed by atoms with Gasteiger partial charge in [0, 0.05) is 29.3 Å².